The van der Waals surface area contributed by atoms with Gasteiger partial charge < -0.3 is 14.1 Å². The van der Waals surface area contributed by atoms with Crippen molar-refractivity contribution in [1.82, 2.24) is 9.88 Å². The first-order valence-electron chi connectivity index (χ1n) is 6.63. The Morgan fingerprint density at radius 2 is 1.90 bits per heavy atom. The highest BCUT2D eigenvalue weighted by atomic mass is 16.5. The molecule has 1 aromatic carbocycles. The molecule has 0 saturated carbocycles. The fraction of sp³-hybridized carbons (Fsp3) is 0.333. The van der Waals surface area contributed by atoms with Crippen molar-refractivity contribution in [2.75, 3.05) is 26.3 Å². The summed E-state index contributed by atoms with van der Waals surface area (Å²) in [6.45, 7) is 4.34. The number of carbonyl (C=O) groups is 1. The van der Waals surface area contributed by atoms with Gasteiger partial charge in [-0.05, 0) is 12.1 Å². The minimum Gasteiger partial charge on any atom is -0.449 e. The van der Waals surface area contributed by atoms with Crippen molar-refractivity contribution >= 4 is 5.91 Å². The second-order valence-corrected chi connectivity index (χ2v) is 4.73. The lowest BCUT2D eigenvalue weighted by Gasteiger charge is -2.26. The molecule has 1 fully saturated rings. The molecule has 20 heavy (non-hydrogen) atoms. The number of aromatic nitrogens is 1. The third-order valence-electron chi connectivity index (χ3n) is 3.34. The van der Waals surface area contributed by atoms with Crippen LogP contribution in [0.15, 0.2) is 34.9 Å². The second kappa shape index (κ2) is 5.46. The molecular formula is C15H16N2O3. The lowest BCUT2D eigenvalue weighted by molar-refractivity contribution is 0.0303. The SMILES string of the molecule is Cc1nc(-c2ccc(C(=O)N3CCOCC3)cc2)co1. The Bertz CT molecular complexity index is 598. The standard InChI is InChI=1S/C15H16N2O3/c1-11-16-14(10-20-11)12-2-4-13(5-3-12)15(18)17-6-8-19-9-7-17/h2-5,10H,6-9H2,1H3. The van der Waals surface area contributed by atoms with Crippen LogP contribution in [-0.2, 0) is 4.74 Å². The van der Waals surface area contributed by atoms with E-state index in [9.17, 15) is 4.79 Å². The van der Waals surface area contributed by atoms with Gasteiger partial charge in [-0.2, -0.15) is 0 Å². The first kappa shape index (κ1) is 12.9. The molecular weight excluding hydrogens is 256 g/mol. The molecule has 0 radical (unpaired) electrons. The maximum Gasteiger partial charge on any atom is 0.254 e. The topological polar surface area (TPSA) is 55.6 Å². The zero-order chi connectivity index (χ0) is 13.9. The number of benzene rings is 1. The second-order valence-electron chi connectivity index (χ2n) is 4.73. The lowest BCUT2D eigenvalue weighted by Crippen LogP contribution is -2.40. The Kier molecular flexibility index (Phi) is 3.52. The van der Waals surface area contributed by atoms with Crippen LogP contribution in [0.3, 0.4) is 0 Å². The van der Waals surface area contributed by atoms with E-state index >= 15 is 0 Å². The highest BCUT2D eigenvalue weighted by Crippen LogP contribution is 2.19. The predicted molar refractivity (Wildman–Crippen MR) is 73.4 cm³/mol. The summed E-state index contributed by atoms with van der Waals surface area (Å²) in [7, 11) is 0. The number of hydrogen-bond acceptors (Lipinski definition) is 4. The molecule has 5 heteroatoms. The fourth-order valence-corrected chi connectivity index (χ4v) is 2.23. The van der Waals surface area contributed by atoms with Crippen LogP contribution < -0.4 is 0 Å². The molecule has 1 saturated heterocycles. The predicted octanol–water partition coefficient (Wildman–Crippen LogP) is 2.12. The van der Waals surface area contributed by atoms with Crippen LogP contribution in [0.2, 0.25) is 0 Å². The molecule has 0 unspecified atom stereocenters. The minimum atomic E-state index is 0.0520. The van der Waals surface area contributed by atoms with Crippen molar-refractivity contribution in [3.05, 3.63) is 42.0 Å². The maximum atomic E-state index is 12.3. The van der Waals surface area contributed by atoms with Crippen LogP contribution in [0.4, 0.5) is 0 Å². The van der Waals surface area contributed by atoms with E-state index in [1.165, 1.54) is 0 Å². The number of nitrogens with zero attached hydrogens (tertiary/aromatic N) is 2. The number of morpholine rings is 1. The van der Waals surface area contributed by atoms with Gasteiger partial charge in [-0.1, -0.05) is 12.1 Å². The van der Waals surface area contributed by atoms with Crippen molar-refractivity contribution in [2.24, 2.45) is 0 Å². The summed E-state index contributed by atoms with van der Waals surface area (Å²) in [5.41, 5.74) is 2.42. The molecule has 0 aliphatic carbocycles. The molecule has 1 aromatic heterocycles. The van der Waals surface area contributed by atoms with E-state index in [1.807, 2.05) is 29.2 Å². The van der Waals surface area contributed by atoms with Gasteiger partial charge in [0.25, 0.3) is 5.91 Å². The van der Waals surface area contributed by atoms with Gasteiger partial charge in [0.15, 0.2) is 5.89 Å². The van der Waals surface area contributed by atoms with Crippen molar-refractivity contribution < 1.29 is 13.9 Å². The van der Waals surface area contributed by atoms with Crippen molar-refractivity contribution in [2.45, 2.75) is 6.92 Å². The van der Waals surface area contributed by atoms with E-state index < -0.39 is 0 Å². The van der Waals surface area contributed by atoms with Crippen LogP contribution in [0.1, 0.15) is 16.2 Å². The van der Waals surface area contributed by atoms with Gasteiger partial charge in [0.2, 0.25) is 0 Å². The van der Waals surface area contributed by atoms with Crippen LogP contribution in [0.25, 0.3) is 11.3 Å². The molecule has 1 amide bonds. The molecule has 3 rings (SSSR count). The van der Waals surface area contributed by atoms with Crippen molar-refractivity contribution in [3.8, 4) is 11.3 Å². The Balaban J connectivity index is 1.77. The average molecular weight is 272 g/mol. The quantitative estimate of drug-likeness (QED) is 0.840. The zero-order valence-corrected chi connectivity index (χ0v) is 11.3. The Morgan fingerprint density at radius 3 is 2.50 bits per heavy atom. The molecule has 5 nitrogen and oxygen atoms in total. The summed E-state index contributed by atoms with van der Waals surface area (Å²) in [4.78, 5) is 18.4. The molecule has 1 aliphatic rings. The number of aryl methyl sites for hydroxylation is 1. The van der Waals surface area contributed by atoms with Crippen LogP contribution in [0, 0.1) is 6.92 Å². The van der Waals surface area contributed by atoms with Gasteiger partial charge in [-0.15, -0.1) is 0 Å². The minimum absolute atomic E-state index is 0.0520. The highest BCUT2D eigenvalue weighted by molar-refractivity contribution is 5.94. The molecule has 104 valence electrons. The monoisotopic (exact) mass is 272 g/mol. The van der Waals surface area contributed by atoms with Crippen molar-refractivity contribution in [1.29, 1.82) is 0 Å². The largest absolute Gasteiger partial charge is 0.449 e. The maximum absolute atomic E-state index is 12.3. The van der Waals surface area contributed by atoms with E-state index in [4.69, 9.17) is 9.15 Å². The van der Waals surface area contributed by atoms with Crippen molar-refractivity contribution in [3.63, 3.8) is 0 Å². The first-order valence-corrected chi connectivity index (χ1v) is 6.63. The van der Waals surface area contributed by atoms with Gasteiger partial charge in [0.1, 0.15) is 12.0 Å². The van der Waals surface area contributed by atoms with Crippen LogP contribution in [-0.4, -0.2) is 42.1 Å². The lowest BCUT2D eigenvalue weighted by atomic mass is 10.1. The van der Waals surface area contributed by atoms with Gasteiger partial charge in [0, 0.05) is 31.1 Å². The molecule has 2 aromatic rings. The smallest absolute Gasteiger partial charge is 0.254 e. The summed E-state index contributed by atoms with van der Waals surface area (Å²) in [5.74, 6) is 0.685. The van der Waals surface area contributed by atoms with E-state index in [0.717, 1.165) is 11.3 Å². The molecule has 2 heterocycles. The zero-order valence-electron chi connectivity index (χ0n) is 11.3. The van der Waals surface area contributed by atoms with E-state index in [-0.39, 0.29) is 5.91 Å². The molecule has 0 spiro atoms. The molecule has 0 atom stereocenters. The summed E-state index contributed by atoms with van der Waals surface area (Å²) < 4.78 is 10.4. The van der Waals surface area contributed by atoms with Crippen LogP contribution >= 0.6 is 0 Å². The van der Waals surface area contributed by atoms with Gasteiger partial charge >= 0.3 is 0 Å². The van der Waals surface area contributed by atoms with Gasteiger partial charge in [-0.3, -0.25) is 4.79 Å². The molecule has 0 bridgehead atoms. The number of carbonyl (C=O) groups excluding carboxylic acids is 1. The summed E-state index contributed by atoms with van der Waals surface area (Å²) in [5, 5.41) is 0. The van der Waals surface area contributed by atoms with E-state index in [0.29, 0.717) is 37.8 Å². The Hall–Kier alpha value is -2.14. The number of rotatable bonds is 2. The summed E-state index contributed by atoms with van der Waals surface area (Å²) >= 11 is 0. The fourth-order valence-electron chi connectivity index (χ4n) is 2.23. The summed E-state index contributed by atoms with van der Waals surface area (Å²) in [6.07, 6.45) is 1.62. The van der Waals surface area contributed by atoms with E-state index in [2.05, 4.69) is 4.98 Å². The number of amides is 1. The average Bonchev–Trinajstić information content (AvgIpc) is 2.94. The molecule has 0 N–H and O–H groups in total. The Labute approximate surface area is 117 Å². The normalized spacial score (nSPS) is 15.3. The third kappa shape index (κ3) is 2.58. The number of ether oxygens (including phenoxy) is 1. The van der Waals surface area contributed by atoms with Gasteiger partial charge in [-0.25, -0.2) is 4.98 Å². The number of oxazole rings is 1. The van der Waals surface area contributed by atoms with E-state index in [1.54, 1.807) is 13.2 Å². The number of hydrogen-bond donors (Lipinski definition) is 0. The Morgan fingerprint density at radius 1 is 1.20 bits per heavy atom. The molecule has 1 aliphatic heterocycles. The highest BCUT2D eigenvalue weighted by Gasteiger charge is 2.18. The summed E-state index contributed by atoms with van der Waals surface area (Å²) in [6, 6.07) is 7.45. The first-order chi connectivity index (χ1) is 9.74. The third-order valence-corrected chi connectivity index (χ3v) is 3.34. The van der Waals surface area contributed by atoms with Crippen LogP contribution in [0.5, 0.6) is 0 Å². The van der Waals surface area contributed by atoms with Gasteiger partial charge in [0.05, 0.1) is 13.2 Å².